The number of hydrogen-bond donors (Lipinski definition) is 2. The Labute approximate surface area is 102 Å². The Hall–Kier alpha value is -1.36. The largest absolute Gasteiger partial charge is 0.348 e. The number of hydrogen-bond acceptors (Lipinski definition) is 3. The third-order valence-electron chi connectivity index (χ3n) is 3.30. The lowest BCUT2D eigenvalue weighted by molar-refractivity contribution is 0.0920. The van der Waals surface area contributed by atoms with Crippen LogP contribution in [0.15, 0.2) is 12.4 Å². The summed E-state index contributed by atoms with van der Waals surface area (Å²) in [5, 5.41) is 10.5. The zero-order valence-electron chi connectivity index (χ0n) is 10.4. The van der Waals surface area contributed by atoms with Crippen molar-refractivity contribution in [3.05, 3.63) is 18.0 Å². The SMILES string of the molecule is CCn1cc(C(=O)NC2CCCNC2C)cn1. The molecule has 0 aliphatic carbocycles. The van der Waals surface area contributed by atoms with E-state index in [-0.39, 0.29) is 11.9 Å². The molecule has 5 nitrogen and oxygen atoms in total. The van der Waals surface area contributed by atoms with Crippen LogP contribution < -0.4 is 10.6 Å². The van der Waals surface area contributed by atoms with Crippen molar-refractivity contribution in [1.29, 1.82) is 0 Å². The van der Waals surface area contributed by atoms with Gasteiger partial charge in [0.05, 0.1) is 11.8 Å². The van der Waals surface area contributed by atoms with E-state index in [4.69, 9.17) is 0 Å². The molecular formula is C12H20N4O. The van der Waals surface area contributed by atoms with E-state index in [1.807, 2.05) is 6.92 Å². The van der Waals surface area contributed by atoms with Gasteiger partial charge >= 0.3 is 0 Å². The topological polar surface area (TPSA) is 59.0 Å². The average molecular weight is 236 g/mol. The molecule has 2 rings (SSSR count). The van der Waals surface area contributed by atoms with E-state index < -0.39 is 0 Å². The van der Waals surface area contributed by atoms with Crippen molar-refractivity contribution in [3.63, 3.8) is 0 Å². The molecule has 1 saturated heterocycles. The van der Waals surface area contributed by atoms with Crippen LogP contribution in [0.4, 0.5) is 0 Å². The molecule has 1 aliphatic heterocycles. The quantitative estimate of drug-likeness (QED) is 0.815. The van der Waals surface area contributed by atoms with Crippen LogP contribution in [0.2, 0.25) is 0 Å². The van der Waals surface area contributed by atoms with E-state index >= 15 is 0 Å². The number of nitrogens with one attached hydrogen (secondary N) is 2. The van der Waals surface area contributed by atoms with Crippen LogP contribution in [0.3, 0.4) is 0 Å². The number of aryl methyl sites for hydroxylation is 1. The predicted molar refractivity (Wildman–Crippen MR) is 65.9 cm³/mol. The molecule has 1 aromatic rings. The highest BCUT2D eigenvalue weighted by molar-refractivity contribution is 5.93. The Morgan fingerprint density at radius 1 is 1.71 bits per heavy atom. The zero-order valence-corrected chi connectivity index (χ0v) is 10.4. The summed E-state index contributed by atoms with van der Waals surface area (Å²) in [4.78, 5) is 12.0. The maximum atomic E-state index is 12.0. The minimum atomic E-state index is -0.0229. The van der Waals surface area contributed by atoms with Crippen molar-refractivity contribution >= 4 is 5.91 Å². The second kappa shape index (κ2) is 5.31. The van der Waals surface area contributed by atoms with Crippen LogP contribution in [0.5, 0.6) is 0 Å². The summed E-state index contributed by atoms with van der Waals surface area (Å²) in [5.41, 5.74) is 0.643. The lowest BCUT2D eigenvalue weighted by Gasteiger charge is -2.30. The maximum Gasteiger partial charge on any atom is 0.254 e. The predicted octanol–water partition coefficient (Wildman–Crippen LogP) is 0.773. The minimum absolute atomic E-state index is 0.0229. The number of nitrogens with zero attached hydrogens (tertiary/aromatic N) is 2. The van der Waals surface area contributed by atoms with Gasteiger partial charge in [0.2, 0.25) is 0 Å². The van der Waals surface area contributed by atoms with Gasteiger partial charge in [-0.25, -0.2) is 0 Å². The molecule has 1 aliphatic rings. The number of piperidine rings is 1. The molecule has 17 heavy (non-hydrogen) atoms. The van der Waals surface area contributed by atoms with Crippen molar-refractivity contribution in [2.75, 3.05) is 6.54 Å². The van der Waals surface area contributed by atoms with Crippen LogP contribution in [0, 0.1) is 0 Å². The highest BCUT2D eigenvalue weighted by atomic mass is 16.1. The number of carbonyl (C=O) groups is 1. The molecule has 1 amide bonds. The van der Waals surface area contributed by atoms with Gasteiger partial charge in [-0.05, 0) is 33.2 Å². The van der Waals surface area contributed by atoms with Crippen molar-refractivity contribution in [2.45, 2.75) is 45.3 Å². The lowest BCUT2D eigenvalue weighted by atomic mass is 10.00. The van der Waals surface area contributed by atoms with Gasteiger partial charge in [-0.15, -0.1) is 0 Å². The molecular weight excluding hydrogens is 216 g/mol. The van der Waals surface area contributed by atoms with Crippen molar-refractivity contribution in [3.8, 4) is 0 Å². The van der Waals surface area contributed by atoms with E-state index in [2.05, 4.69) is 22.7 Å². The van der Waals surface area contributed by atoms with E-state index in [0.29, 0.717) is 11.6 Å². The first-order chi connectivity index (χ1) is 8.20. The molecule has 0 spiro atoms. The Morgan fingerprint density at radius 3 is 3.18 bits per heavy atom. The van der Waals surface area contributed by atoms with E-state index in [1.165, 1.54) is 0 Å². The molecule has 2 unspecified atom stereocenters. The summed E-state index contributed by atoms with van der Waals surface area (Å²) >= 11 is 0. The van der Waals surface area contributed by atoms with Gasteiger partial charge in [-0.2, -0.15) is 5.10 Å². The van der Waals surface area contributed by atoms with Crippen LogP contribution in [-0.4, -0.2) is 34.3 Å². The van der Waals surface area contributed by atoms with Gasteiger partial charge in [0, 0.05) is 24.8 Å². The molecule has 2 atom stereocenters. The minimum Gasteiger partial charge on any atom is -0.348 e. The Bertz CT molecular complexity index is 388. The summed E-state index contributed by atoms with van der Waals surface area (Å²) in [6.45, 7) is 5.94. The Balaban J connectivity index is 1.96. The van der Waals surface area contributed by atoms with Crippen LogP contribution in [0.1, 0.15) is 37.0 Å². The zero-order chi connectivity index (χ0) is 12.3. The van der Waals surface area contributed by atoms with E-state index in [1.54, 1.807) is 17.1 Å². The number of rotatable bonds is 3. The molecule has 94 valence electrons. The molecule has 2 N–H and O–H groups in total. The summed E-state index contributed by atoms with van der Waals surface area (Å²) in [5.74, 6) is -0.0229. The first-order valence-electron chi connectivity index (χ1n) is 6.27. The fraction of sp³-hybridized carbons (Fsp3) is 0.667. The molecule has 5 heteroatoms. The Kier molecular flexibility index (Phi) is 3.78. The number of aromatic nitrogens is 2. The number of carbonyl (C=O) groups excluding carboxylic acids is 1. The highest BCUT2D eigenvalue weighted by Gasteiger charge is 2.23. The first kappa shape index (κ1) is 12.1. The van der Waals surface area contributed by atoms with Gasteiger partial charge in [-0.3, -0.25) is 9.48 Å². The van der Waals surface area contributed by atoms with Crippen molar-refractivity contribution < 1.29 is 4.79 Å². The third kappa shape index (κ3) is 2.85. The van der Waals surface area contributed by atoms with E-state index in [9.17, 15) is 4.79 Å². The smallest absolute Gasteiger partial charge is 0.254 e. The first-order valence-corrected chi connectivity index (χ1v) is 6.27. The van der Waals surface area contributed by atoms with Crippen LogP contribution in [0.25, 0.3) is 0 Å². The van der Waals surface area contributed by atoms with Gasteiger partial charge in [0.15, 0.2) is 0 Å². The summed E-state index contributed by atoms with van der Waals surface area (Å²) in [6.07, 6.45) is 5.57. The highest BCUT2D eigenvalue weighted by Crippen LogP contribution is 2.09. The van der Waals surface area contributed by atoms with Crippen molar-refractivity contribution in [2.24, 2.45) is 0 Å². The molecule has 0 saturated carbocycles. The third-order valence-corrected chi connectivity index (χ3v) is 3.30. The van der Waals surface area contributed by atoms with Crippen LogP contribution in [-0.2, 0) is 6.54 Å². The molecule has 1 aromatic heterocycles. The molecule has 2 heterocycles. The molecule has 0 radical (unpaired) electrons. The average Bonchev–Trinajstić information content (AvgIpc) is 2.81. The fourth-order valence-corrected chi connectivity index (χ4v) is 2.15. The van der Waals surface area contributed by atoms with Crippen molar-refractivity contribution in [1.82, 2.24) is 20.4 Å². The molecule has 0 aromatic carbocycles. The lowest BCUT2D eigenvalue weighted by Crippen LogP contribution is -2.51. The second-order valence-electron chi connectivity index (χ2n) is 4.55. The van der Waals surface area contributed by atoms with Gasteiger partial charge in [0.1, 0.15) is 0 Å². The van der Waals surface area contributed by atoms with Gasteiger partial charge < -0.3 is 10.6 Å². The normalized spacial score (nSPS) is 24.6. The number of amides is 1. The second-order valence-corrected chi connectivity index (χ2v) is 4.55. The monoisotopic (exact) mass is 236 g/mol. The summed E-state index contributed by atoms with van der Waals surface area (Å²) < 4.78 is 1.76. The van der Waals surface area contributed by atoms with Crippen LogP contribution >= 0.6 is 0 Å². The maximum absolute atomic E-state index is 12.0. The van der Waals surface area contributed by atoms with Gasteiger partial charge in [-0.1, -0.05) is 0 Å². The molecule has 0 bridgehead atoms. The summed E-state index contributed by atoms with van der Waals surface area (Å²) in [7, 11) is 0. The fourth-order valence-electron chi connectivity index (χ4n) is 2.15. The standard InChI is InChI=1S/C12H20N4O/c1-3-16-8-10(7-14-16)12(17)15-11-5-4-6-13-9(11)2/h7-9,11,13H,3-6H2,1-2H3,(H,15,17). The summed E-state index contributed by atoms with van der Waals surface area (Å²) in [6, 6.07) is 0.565. The van der Waals surface area contributed by atoms with Gasteiger partial charge in [0.25, 0.3) is 5.91 Å². The Morgan fingerprint density at radius 2 is 2.53 bits per heavy atom. The van der Waals surface area contributed by atoms with E-state index in [0.717, 1.165) is 25.9 Å². The molecule has 1 fully saturated rings.